The van der Waals surface area contributed by atoms with E-state index in [1.54, 1.807) is 6.07 Å². The number of carbonyl (C=O) groups is 2. The summed E-state index contributed by atoms with van der Waals surface area (Å²) in [4.78, 5) is 34.5. The van der Waals surface area contributed by atoms with E-state index in [1.165, 1.54) is 23.9 Å². The van der Waals surface area contributed by atoms with Gasteiger partial charge >= 0.3 is 5.97 Å². The van der Waals surface area contributed by atoms with Crippen LogP contribution in [0.5, 0.6) is 0 Å². The Kier molecular flexibility index (Phi) is 4.93. The molecule has 0 saturated heterocycles. The summed E-state index contributed by atoms with van der Waals surface area (Å²) < 4.78 is 0. The van der Waals surface area contributed by atoms with E-state index < -0.39 is 22.2 Å². The maximum Gasteiger partial charge on any atom is 0.311 e. The molecule has 1 aliphatic rings. The highest BCUT2D eigenvalue weighted by Gasteiger charge is 2.50. The van der Waals surface area contributed by atoms with Crippen LogP contribution in [0.3, 0.4) is 0 Å². The lowest BCUT2D eigenvalue weighted by Crippen LogP contribution is -2.34. The lowest BCUT2D eigenvalue weighted by atomic mass is 10.1. The van der Waals surface area contributed by atoms with Crippen molar-refractivity contribution in [2.24, 2.45) is 5.41 Å². The Labute approximate surface area is 137 Å². The van der Waals surface area contributed by atoms with E-state index in [4.69, 9.17) is 5.11 Å². The minimum atomic E-state index is -0.923. The zero-order chi connectivity index (χ0) is 17.2. The Hall–Kier alpha value is -2.09. The van der Waals surface area contributed by atoms with Crippen LogP contribution in [0, 0.1) is 15.5 Å². The lowest BCUT2D eigenvalue weighted by Gasteiger charge is -2.14. The van der Waals surface area contributed by atoms with Gasteiger partial charge in [0.2, 0.25) is 0 Å². The molecule has 2 rings (SSSR count). The molecule has 1 saturated carbocycles. The highest BCUT2D eigenvalue weighted by molar-refractivity contribution is 8.00. The van der Waals surface area contributed by atoms with E-state index >= 15 is 0 Å². The van der Waals surface area contributed by atoms with Gasteiger partial charge in [0.25, 0.3) is 11.6 Å². The Morgan fingerprint density at radius 1 is 1.43 bits per heavy atom. The van der Waals surface area contributed by atoms with Gasteiger partial charge < -0.3 is 10.4 Å². The number of non-ortho nitro benzene ring substituents is 1. The van der Waals surface area contributed by atoms with Crippen LogP contribution in [0.1, 0.15) is 37.0 Å². The fourth-order valence-electron chi connectivity index (χ4n) is 2.13. The van der Waals surface area contributed by atoms with Crippen molar-refractivity contribution in [2.45, 2.75) is 36.8 Å². The van der Waals surface area contributed by atoms with Gasteiger partial charge in [-0.15, -0.1) is 11.8 Å². The second-order valence-corrected chi connectivity index (χ2v) is 7.49. The first-order valence-electron chi connectivity index (χ1n) is 7.22. The largest absolute Gasteiger partial charge is 0.481 e. The summed E-state index contributed by atoms with van der Waals surface area (Å²) in [6, 6.07) is 4.16. The maximum absolute atomic E-state index is 12.4. The number of rotatable bonds is 7. The first kappa shape index (κ1) is 17.3. The number of nitro groups is 1. The van der Waals surface area contributed by atoms with Gasteiger partial charge in [0.1, 0.15) is 0 Å². The van der Waals surface area contributed by atoms with Crippen LogP contribution >= 0.6 is 11.8 Å². The van der Waals surface area contributed by atoms with Crippen molar-refractivity contribution < 1.29 is 19.6 Å². The van der Waals surface area contributed by atoms with E-state index in [1.807, 2.05) is 13.8 Å². The predicted molar refractivity (Wildman–Crippen MR) is 85.7 cm³/mol. The van der Waals surface area contributed by atoms with Crippen molar-refractivity contribution in [3.8, 4) is 0 Å². The van der Waals surface area contributed by atoms with Crippen molar-refractivity contribution in [1.82, 2.24) is 5.32 Å². The molecule has 2 N–H and O–H groups in total. The number of carbonyl (C=O) groups excluding carboxylic acids is 1. The van der Waals surface area contributed by atoms with Gasteiger partial charge in [-0.3, -0.25) is 19.7 Å². The second-order valence-electron chi connectivity index (χ2n) is 5.87. The predicted octanol–water partition coefficient (Wildman–Crippen LogP) is 2.69. The Morgan fingerprint density at radius 2 is 2.09 bits per heavy atom. The molecule has 0 unspecified atom stereocenters. The number of amides is 1. The molecule has 0 aromatic heterocycles. The summed E-state index contributed by atoms with van der Waals surface area (Å²) in [6.45, 7) is 3.95. The van der Waals surface area contributed by atoms with Gasteiger partial charge in [0, 0.05) is 28.8 Å². The van der Waals surface area contributed by atoms with Crippen molar-refractivity contribution in [3.63, 3.8) is 0 Å². The van der Waals surface area contributed by atoms with Gasteiger partial charge in [-0.05, 0) is 18.9 Å². The second kappa shape index (κ2) is 6.57. The number of nitrogens with zero attached hydrogens (tertiary/aromatic N) is 1. The SMILES string of the molecule is CC(C)Sc1ccc([N+](=O)[O-])cc1C(=O)NCC1(C(=O)O)CC1. The molecule has 0 aliphatic heterocycles. The molecule has 1 aromatic carbocycles. The standard InChI is InChI=1S/C15H18N2O5S/c1-9(2)23-12-4-3-10(17(21)22)7-11(12)13(18)16-8-15(5-6-15)14(19)20/h3-4,7,9H,5-6,8H2,1-2H3,(H,16,18)(H,19,20). The smallest absolute Gasteiger partial charge is 0.311 e. The molecule has 0 radical (unpaired) electrons. The highest BCUT2D eigenvalue weighted by Crippen LogP contribution is 2.45. The van der Waals surface area contributed by atoms with Crippen LogP contribution in [0.25, 0.3) is 0 Å². The summed E-state index contributed by atoms with van der Waals surface area (Å²) in [5, 5.41) is 22.9. The number of nitrogens with one attached hydrogen (secondary N) is 1. The van der Waals surface area contributed by atoms with Crippen LogP contribution in [0.4, 0.5) is 5.69 Å². The van der Waals surface area contributed by atoms with Crippen LogP contribution in [-0.4, -0.2) is 33.7 Å². The number of thioether (sulfide) groups is 1. The average Bonchev–Trinajstić information content (AvgIpc) is 3.25. The quantitative estimate of drug-likeness (QED) is 0.449. The van der Waals surface area contributed by atoms with Gasteiger partial charge in [-0.1, -0.05) is 13.8 Å². The number of aliphatic carboxylic acids is 1. The topological polar surface area (TPSA) is 110 Å². The molecule has 124 valence electrons. The molecule has 0 bridgehead atoms. The van der Waals surface area contributed by atoms with E-state index in [0.29, 0.717) is 17.7 Å². The van der Waals surface area contributed by atoms with Gasteiger partial charge in [0.05, 0.1) is 15.9 Å². The molecule has 23 heavy (non-hydrogen) atoms. The van der Waals surface area contributed by atoms with Crippen LogP contribution in [0.2, 0.25) is 0 Å². The summed E-state index contributed by atoms with van der Waals surface area (Å²) in [5.74, 6) is -1.40. The van der Waals surface area contributed by atoms with E-state index in [-0.39, 0.29) is 23.0 Å². The zero-order valence-corrected chi connectivity index (χ0v) is 13.7. The van der Waals surface area contributed by atoms with E-state index in [9.17, 15) is 19.7 Å². The van der Waals surface area contributed by atoms with Crippen LogP contribution < -0.4 is 5.32 Å². The fourth-order valence-corrected chi connectivity index (χ4v) is 3.06. The molecule has 0 spiro atoms. The van der Waals surface area contributed by atoms with Crippen LogP contribution in [-0.2, 0) is 4.79 Å². The normalized spacial score (nSPS) is 15.3. The van der Waals surface area contributed by atoms with E-state index in [0.717, 1.165) is 0 Å². The molecule has 8 heteroatoms. The van der Waals surface area contributed by atoms with Crippen molar-refractivity contribution in [1.29, 1.82) is 0 Å². The molecular formula is C15H18N2O5S. The summed E-state index contributed by atoms with van der Waals surface area (Å²) in [6.07, 6.45) is 1.07. The van der Waals surface area contributed by atoms with Gasteiger partial charge in [-0.25, -0.2) is 0 Å². The molecule has 1 amide bonds. The molecule has 0 atom stereocenters. The summed E-state index contributed by atoms with van der Waals surface area (Å²) in [7, 11) is 0. The maximum atomic E-state index is 12.4. The molecule has 1 aliphatic carbocycles. The third-order valence-electron chi connectivity index (χ3n) is 3.68. The lowest BCUT2D eigenvalue weighted by molar-refractivity contribution is -0.384. The molecule has 0 heterocycles. The van der Waals surface area contributed by atoms with Crippen molar-refractivity contribution >= 4 is 29.3 Å². The molecular weight excluding hydrogens is 320 g/mol. The molecule has 7 nitrogen and oxygen atoms in total. The summed E-state index contributed by atoms with van der Waals surface area (Å²) in [5.41, 5.74) is -0.830. The van der Waals surface area contributed by atoms with Gasteiger partial charge in [0.15, 0.2) is 0 Å². The number of benzene rings is 1. The molecule has 1 fully saturated rings. The number of nitro benzene ring substituents is 1. The number of hydrogen-bond donors (Lipinski definition) is 2. The first-order chi connectivity index (χ1) is 10.7. The Balaban J connectivity index is 2.20. The zero-order valence-electron chi connectivity index (χ0n) is 12.9. The first-order valence-corrected chi connectivity index (χ1v) is 8.10. The number of hydrogen-bond acceptors (Lipinski definition) is 5. The van der Waals surface area contributed by atoms with E-state index in [2.05, 4.69) is 5.32 Å². The van der Waals surface area contributed by atoms with Gasteiger partial charge in [-0.2, -0.15) is 0 Å². The van der Waals surface area contributed by atoms with Crippen molar-refractivity contribution in [2.75, 3.05) is 6.54 Å². The number of carboxylic acid groups (broad SMARTS) is 1. The fraction of sp³-hybridized carbons (Fsp3) is 0.467. The third kappa shape index (κ3) is 4.01. The Morgan fingerprint density at radius 3 is 2.57 bits per heavy atom. The Bertz CT molecular complexity index is 655. The van der Waals surface area contributed by atoms with Crippen molar-refractivity contribution in [3.05, 3.63) is 33.9 Å². The molecule has 1 aromatic rings. The average molecular weight is 338 g/mol. The number of carboxylic acids is 1. The minimum absolute atomic E-state index is 0.0373. The summed E-state index contributed by atoms with van der Waals surface area (Å²) >= 11 is 1.43. The minimum Gasteiger partial charge on any atom is -0.481 e. The third-order valence-corrected chi connectivity index (χ3v) is 4.76. The highest BCUT2D eigenvalue weighted by atomic mass is 32.2. The van der Waals surface area contributed by atoms with Crippen LogP contribution in [0.15, 0.2) is 23.1 Å². The monoisotopic (exact) mass is 338 g/mol.